The molecule has 0 fully saturated rings. The van der Waals surface area contributed by atoms with Gasteiger partial charge in [-0.15, -0.1) is 0 Å². The fraction of sp³-hybridized carbons (Fsp3) is 0.308. The van der Waals surface area contributed by atoms with Crippen molar-refractivity contribution in [3.8, 4) is 11.3 Å². The molecular formula is C13H17N3O. The Balaban J connectivity index is 2.23. The molecular weight excluding hydrogens is 214 g/mol. The van der Waals surface area contributed by atoms with E-state index in [4.69, 9.17) is 10.3 Å². The van der Waals surface area contributed by atoms with Gasteiger partial charge in [0.2, 0.25) is 0 Å². The predicted octanol–water partition coefficient (Wildman–Crippen LogP) is 2.77. The average molecular weight is 231 g/mol. The second-order valence-electron chi connectivity index (χ2n) is 3.84. The van der Waals surface area contributed by atoms with E-state index in [9.17, 15) is 0 Å². The van der Waals surface area contributed by atoms with Crippen molar-refractivity contribution in [2.24, 2.45) is 0 Å². The summed E-state index contributed by atoms with van der Waals surface area (Å²) in [6.45, 7) is 6.30. The number of nitrogens with two attached hydrogens (primary N) is 1. The molecule has 0 bridgehead atoms. The van der Waals surface area contributed by atoms with Crippen LogP contribution in [-0.4, -0.2) is 18.2 Å². The number of hydrogen-bond donors (Lipinski definition) is 1. The molecule has 2 N–H and O–H groups in total. The Labute approximate surface area is 101 Å². The van der Waals surface area contributed by atoms with Gasteiger partial charge in [0, 0.05) is 30.4 Å². The van der Waals surface area contributed by atoms with E-state index in [1.54, 1.807) is 6.07 Å². The van der Waals surface area contributed by atoms with E-state index in [1.165, 1.54) is 5.69 Å². The molecule has 0 atom stereocenters. The van der Waals surface area contributed by atoms with Crippen molar-refractivity contribution in [2.75, 3.05) is 23.7 Å². The summed E-state index contributed by atoms with van der Waals surface area (Å²) in [5.74, 6) is 1.11. The van der Waals surface area contributed by atoms with Crippen molar-refractivity contribution in [1.82, 2.24) is 5.16 Å². The predicted molar refractivity (Wildman–Crippen MR) is 69.9 cm³/mol. The van der Waals surface area contributed by atoms with Crippen LogP contribution in [-0.2, 0) is 0 Å². The van der Waals surface area contributed by atoms with Crippen LogP contribution in [0.25, 0.3) is 11.3 Å². The largest absolute Gasteiger partial charge is 0.381 e. The SMILES string of the molecule is CCN(CC)c1ccc(-c2cc(N)no2)cc1. The molecule has 90 valence electrons. The molecule has 4 nitrogen and oxygen atoms in total. The van der Waals surface area contributed by atoms with Crippen LogP contribution >= 0.6 is 0 Å². The Bertz CT molecular complexity index is 472. The minimum absolute atomic E-state index is 0.410. The lowest BCUT2D eigenvalue weighted by Crippen LogP contribution is -2.21. The van der Waals surface area contributed by atoms with Gasteiger partial charge in [-0.3, -0.25) is 0 Å². The molecule has 0 amide bonds. The van der Waals surface area contributed by atoms with E-state index in [2.05, 4.69) is 36.0 Å². The molecule has 17 heavy (non-hydrogen) atoms. The summed E-state index contributed by atoms with van der Waals surface area (Å²) in [5, 5.41) is 3.68. The zero-order chi connectivity index (χ0) is 12.3. The third-order valence-corrected chi connectivity index (χ3v) is 2.81. The van der Waals surface area contributed by atoms with Crippen LogP contribution < -0.4 is 10.6 Å². The normalized spacial score (nSPS) is 10.5. The first-order valence-electron chi connectivity index (χ1n) is 5.82. The summed E-state index contributed by atoms with van der Waals surface area (Å²) in [7, 11) is 0. The van der Waals surface area contributed by atoms with Crippen molar-refractivity contribution >= 4 is 11.5 Å². The summed E-state index contributed by atoms with van der Waals surface area (Å²) in [4.78, 5) is 2.29. The molecule has 0 aliphatic carbocycles. The van der Waals surface area contributed by atoms with Gasteiger partial charge in [-0.05, 0) is 38.1 Å². The number of aromatic nitrogens is 1. The Hall–Kier alpha value is -1.97. The second kappa shape index (κ2) is 4.91. The second-order valence-corrected chi connectivity index (χ2v) is 3.84. The van der Waals surface area contributed by atoms with Crippen molar-refractivity contribution in [3.63, 3.8) is 0 Å². The zero-order valence-corrected chi connectivity index (χ0v) is 10.2. The van der Waals surface area contributed by atoms with Crippen LogP contribution in [0.3, 0.4) is 0 Å². The van der Waals surface area contributed by atoms with Gasteiger partial charge in [0.15, 0.2) is 11.6 Å². The third-order valence-electron chi connectivity index (χ3n) is 2.81. The van der Waals surface area contributed by atoms with Gasteiger partial charge < -0.3 is 15.2 Å². The maximum atomic E-state index is 5.52. The zero-order valence-electron chi connectivity index (χ0n) is 10.2. The van der Waals surface area contributed by atoms with Crippen molar-refractivity contribution in [1.29, 1.82) is 0 Å². The van der Waals surface area contributed by atoms with Crippen LogP contribution in [0.4, 0.5) is 11.5 Å². The first-order valence-corrected chi connectivity index (χ1v) is 5.82. The minimum atomic E-state index is 0.410. The summed E-state index contributed by atoms with van der Waals surface area (Å²) in [5.41, 5.74) is 7.73. The third kappa shape index (κ3) is 2.41. The highest BCUT2D eigenvalue weighted by Gasteiger charge is 2.06. The summed E-state index contributed by atoms with van der Waals surface area (Å²) in [6.07, 6.45) is 0. The van der Waals surface area contributed by atoms with Crippen LogP contribution in [0.1, 0.15) is 13.8 Å². The van der Waals surface area contributed by atoms with Crippen molar-refractivity contribution < 1.29 is 4.52 Å². The maximum Gasteiger partial charge on any atom is 0.169 e. The van der Waals surface area contributed by atoms with Gasteiger partial charge in [0.05, 0.1) is 0 Å². The molecule has 0 saturated heterocycles. The van der Waals surface area contributed by atoms with Crippen LogP contribution in [0.5, 0.6) is 0 Å². The van der Waals surface area contributed by atoms with E-state index in [-0.39, 0.29) is 0 Å². The first kappa shape index (κ1) is 11.5. The lowest BCUT2D eigenvalue weighted by molar-refractivity contribution is 0.436. The standard InChI is InChI=1S/C13H17N3O/c1-3-16(4-2)11-7-5-10(6-8-11)12-9-13(14)15-17-12/h5-9H,3-4H2,1-2H3,(H2,14,15). The molecule has 0 radical (unpaired) electrons. The Kier molecular flexibility index (Phi) is 3.32. The average Bonchev–Trinajstić information content (AvgIpc) is 2.78. The summed E-state index contributed by atoms with van der Waals surface area (Å²) < 4.78 is 5.11. The number of benzene rings is 1. The monoisotopic (exact) mass is 231 g/mol. The van der Waals surface area contributed by atoms with Crippen molar-refractivity contribution in [3.05, 3.63) is 30.3 Å². The topological polar surface area (TPSA) is 55.3 Å². The summed E-state index contributed by atoms with van der Waals surface area (Å²) in [6, 6.07) is 9.94. The van der Waals surface area contributed by atoms with Crippen LogP contribution in [0, 0.1) is 0 Å². The van der Waals surface area contributed by atoms with Gasteiger partial charge in [0.1, 0.15) is 0 Å². The van der Waals surface area contributed by atoms with Gasteiger partial charge in [-0.1, -0.05) is 5.16 Å². The molecule has 2 rings (SSSR count). The number of nitrogen functional groups attached to an aromatic ring is 1. The number of rotatable bonds is 4. The molecule has 1 aromatic carbocycles. The van der Waals surface area contributed by atoms with Gasteiger partial charge in [-0.25, -0.2) is 0 Å². The number of nitrogens with zero attached hydrogens (tertiary/aromatic N) is 2. The van der Waals surface area contributed by atoms with Crippen LogP contribution in [0.2, 0.25) is 0 Å². The molecule has 4 heteroatoms. The highest BCUT2D eigenvalue weighted by molar-refractivity contribution is 5.63. The van der Waals surface area contributed by atoms with E-state index in [0.29, 0.717) is 11.6 Å². The van der Waals surface area contributed by atoms with E-state index in [1.807, 2.05) is 12.1 Å². The van der Waals surface area contributed by atoms with Gasteiger partial charge >= 0.3 is 0 Å². The van der Waals surface area contributed by atoms with E-state index < -0.39 is 0 Å². The smallest absolute Gasteiger partial charge is 0.169 e. The highest BCUT2D eigenvalue weighted by atomic mass is 16.5. The van der Waals surface area contributed by atoms with Crippen molar-refractivity contribution in [2.45, 2.75) is 13.8 Å². The van der Waals surface area contributed by atoms with E-state index >= 15 is 0 Å². The molecule has 0 saturated carbocycles. The molecule has 2 aromatic rings. The van der Waals surface area contributed by atoms with Gasteiger partial charge in [0.25, 0.3) is 0 Å². The fourth-order valence-corrected chi connectivity index (χ4v) is 1.85. The maximum absolute atomic E-state index is 5.52. The van der Waals surface area contributed by atoms with Crippen LogP contribution in [0.15, 0.2) is 34.9 Å². The quantitative estimate of drug-likeness (QED) is 0.879. The molecule has 0 spiro atoms. The lowest BCUT2D eigenvalue weighted by Gasteiger charge is -2.20. The molecule has 1 aromatic heterocycles. The first-order chi connectivity index (χ1) is 8.24. The van der Waals surface area contributed by atoms with E-state index in [0.717, 1.165) is 18.7 Å². The lowest BCUT2D eigenvalue weighted by atomic mass is 10.1. The fourth-order valence-electron chi connectivity index (χ4n) is 1.85. The Morgan fingerprint density at radius 2 is 1.82 bits per heavy atom. The molecule has 0 aliphatic rings. The Morgan fingerprint density at radius 1 is 1.18 bits per heavy atom. The number of hydrogen-bond acceptors (Lipinski definition) is 4. The Morgan fingerprint density at radius 3 is 2.29 bits per heavy atom. The number of anilines is 2. The highest BCUT2D eigenvalue weighted by Crippen LogP contribution is 2.24. The van der Waals surface area contributed by atoms with Gasteiger partial charge in [-0.2, -0.15) is 0 Å². The minimum Gasteiger partial charge on any atom is -0.381 e. The molecule has 1 heterocycles. The molecule has 0 unspecified atom stereocenters. The molecule has 0 aliphatic heterocycles. The summed E-state index contributed by atoms with van der Waals surface area (Å²) >= 11 is 0.